The van der Waals surface area contributed by atoms with E-state index >= 15 is 0 Å². The van der Waals surface area contributed by atoms with E-state index in [1.807, 2.05) is 13.8 Å². The van der Waals surface area contributed by atoms with E-state index in [0.29, 0.717) is 32.2 Å². The summed E-state index contributed by atoms with van der Waals surface area (Å²) in [5.74, 6) is -0.929. The van der Waals surface area contributed by atoms with Gasteiger partial charge in [0.2, 0.25) is 5.91 Å². The Kier molecular flexibility index (Phi) is 4.14. The summed E-state index contributed by atoms with van der Waals surface area (Å²) in [6.45, 7) is 4.38. The molecule has 5 nitrogen and oxygen atoms in total. The van der Waals surface area contributed by atoms with Gasteiger partial charge in [0.1, 0.15) is 0 Å². The molecule has 0 aromatic heterocycles. The van der Waals surface area contributed by atoms with Crippen molar-refractivity contribution >= 4 is 11.9 Å². The lowest BCUT2D eigenvalue weighted by atomic mass is 9.81. The summed E-state index contributed by atoms with van der Waals surface area (Å²) in [4.78, 5) is 23.0. The van der Waals surface area contributed by atoms with E-state index < -0.39 is 16.8 Å². The largest absolute Gasteiger partial charge is 0.481 e. The summed E-state index contributed by atoms with van der Waals surface area (Å²) in [5, 5.41) is 11.8. The topological polar surface area (TPSA) is 92.4 Å². The summed E-state index contributed by atoms with van der Waals surface area (Å²) in [6.07, 6.45) is 2.64. The summed E-state index contributed by atoms with van der Waals surface area (Å²) < 4.78 is 0. The number of rotatable bonds is 7. The highest BCUT2D eigenvalue weighted by Gasteiger charge is 2.50. The lowest BCUT2D eigenvalue weighted by Crippen LogP contribution is -2.47. The lowest BCUT2D eigenvalue weighted by Gasteiger charge is -2.29. The smallest absolute Gasteiger partial charge is 0.311 e. The molecule has 0 bridgehead atoms. The standard InChI is InChI=1S/C12H22N2O3/c1-3-11(4-2,7-13)9(15)14-8-12(5-6-12)10(16)17/h3-8,13H2,1-2H3,(H,14,15)(H,16,17). The third-order valence-corrected chi connectivity index (χ3v) is 4.12. The Morgan fingerprint density at radius 2 is 1.88 bits per heavy atom. The third-order valence-electron chi connectivity index (χ3n) is 4.12. The molecule has 0 aromatic carbocycles. The predicted molar refractivity (Wildman–Crippen MR) is 64.4 cm³/mol. The van der Waals surface area contributed by atoms with Crippen LogP contribution in [0.15, 0.2) is 0 Å². The summed E-state index contributed by atoms with van der Waals surface area (Å²) in [5.41, 5.74) is 4.41. The minimum absolute atomic E-state index is 0.113. The maximum absolute atomic E-state index is 12.1. The van der Waals surface area contributed by atoms with E-state index in [9.17, 15) is 9.59 Å². The van der Waals surface area contributed by atoms with Gasteiger partial charge in [-0.05, 0) is 25.7 Å². The van der Waals surface area contributed by atoms with Crippen LogP contribution in [0.25, 0.3) is 0 Å². The van der Waals surface area contributed by atoms with Crippen molar-refractivity contribution in [2.24, 2.45) is 16.6 Å². The van der Waals surface area contributed by atoms with Crippen LogP contribution >= 0.6 is 0 Å². The molecule has 1 saturated carbocycles. The second-order valence-electron chi connectivity index (χ2n) is 4.96. The first-order valence-corrected chi connectivity index (χ1v) is 6.18. The zero-order valence-electron chi connectivity index (χ0n) is 10.6. The molecular weight excluding hydrogens is 220 g/mol. The maximum Gasteiger partial charge on any atom is 0.311 e. The van der Waals surface area contributed by atoms with Gasteiger partial charge >= 0.3 is 5.97 Å². The molecule has 98 valence electrons. The van der Waals surface area contributed by atoms with Crippen molar-refractivity contribution in [3.05, 3.63) is 0 Å². The molecule has 0 atom stereocenters. The average molecular weight is 242 g/mol. The molecule has 0 saturated heterocycles. The highest BCUT2D eigenvalue weighted by Crippen LogP contribution is 2.45. The quantitative estimate of drug-likeness (QED) is 0.613. The molecule has 0 aromatic rings. The number of nitrogens with two attached hydrogens (primary N) is 1. The molecule has 5 heteroatoms. The van der Waals surface area contributed by atoms with E-state index in [1.165, 1.54) is 0 Å². The van der Waals surface area contributed by atoms with Gasteiger partial charge in [-0.2, -0.15) is 0 Å². The van der Waals surface area contributed by atoms with E-state index in [4.69, 9.17) is 10.8 Å². The molecule has 1 aliphatic rings. The van der Waals surface area contributed by atoms with Gasteiger partial charge < -0.3 is 16.2 Å². The molecule has 0 spiro atoms. The SMILES string of the molecule is CCC(CC)(CN)C(=O)NCC1(C(=O)O)CC1. The molecule has 0 unspecified atom stereocenters. The fourth-order valence-electron chi connectivity index (χ4n) is 2.01. The van der Waals surface area contributed by atoms with Crippen LogP contribution in [0.3, 0.4) is 0 Å². The Morgan fingerprint density at radius 3 is 2.18 bits per heavy atom. The van der Waals surface area contributed by atoms with Crippen LogP contribution in [0.5, 0.6) is 0 Å². The van der Waals surface area contributed by atoms with Crippen LogP contribution in [0, 0.1) is 10.8 Å². The highest BCUT2D eigenvalue weighted by molar-refractivity contribution is 5.84. The minimum Gasteiger partial charge on any atom is -0.481 e. The van der Waals surface area contributed by atoms with Gasteiger partial charge in [-0.25, -0.2) is 0 Å². The van der Waals surface area contributed by atoms with E-state index in [2.05, 4.69) is 5.32 Å². The number of carboxylic acids is 1. The molecule has 0 aliphatic heterocycles. The van der Waals surface area contributed by atoms with Crippen LogP contribution in [-0.4, -0.2) is 30.1 Å². The Hall–Kier alpha value is -1.10. The number of hydrogen-bond acceptors (Lipinski definition) is 3. The number of amides is 1. The third kappa shape index (κ3) is 2.60. The van der Waals surface area contributed by atoms with Gasteiger partial charge in [-0.1, -0.05) is 13.8 Å². The Balaban J connectivity index is 2.57. The molecule has 1 rings (SSSR count). The summed E-state index contributed by atoms with van der Waals surface area (Å²) in [7, 11) is 0. The molecule has 4 N–H and O–H groups in total. The number of nitrogens with one attached hydrogen (secondary N) is 1. The monoisotopic (exact) mass is 242 g/mol. The molecule has 1 aliphatic carbocycles. The van der Waals surface area contributed by atoms with Crippen LogP contribution in [-0.2, 0) is 9.59 Å². The van der Waals surface area contributed by atoms with Gasteiger partial charge in [0.15, 0.2) is 0 Å². The second-order valence-corrected chi connectivity index (χ2v) is 4.96. The highest BCUT2D eigenvalue weighted by atomic mass is 16.4. The van der Waals surface area contributed by atoms with Crippen LogP contribution in [0.2, 0.25) is 0 Å². The lowest BCUT2D eigenvalue weighted by molar-refractivity contribution is -0.143. The Morgan fingerprint density at radius 1 is 1.35 bits per heavy atom. The van der Waals surface area contributed by atoms with Crippen molar-refractivity contribution in [1.82, 2.24) is 5.32 Å². The number of aliphatic carboxylic acids is 1. The molecule has 0 heterocycles. The molecule has 0 radical (unpaired) electrons. The van der Waals surface area contributed by atoms with Crippen LogP contribution in [0.1, 0.15) is 39.5 Å². The molecule has 1 amide bonds. The van der Waals surface area contributed by atoms with Crippen molar-refractivity contribution < 1.29 is 14.7 Å². The number of carbonyl (C=O) groups excluding carboxylic acids is 1. The van der Waals surface area contributed by atoms with Crippen molar-refractivity contribution in [1.29, 1.82) is 0 Å². The zero-order valence-corrected chi connectivity index (χ0v) is 10.6. The zero-order chi connectivity index (χ0) is 13.1. The van der Waals surface area contributed by atoms with Crippen LogP contribution in [0.4, 0.5) is 0 Å². The van der Waals surface area contributed by atoms with Crippen molar-refractivity contribution in [2.75, 3.05) is 13.1 Å². The van der Waals surface area contributed by atoms with E-state index in [1.54, 1.807) is 0 Å². The number of carboxylic acid groups (broad SMARTS) is 1. The molecule has 1 fully saturated rings. The second kappa shape index (κ2) is 5.04. The first kappa shape index (κ1) is 14.0. The average Bonchev–Trinajstić information content (AvgIpc) is 3.10. The predicted octanol–water partition coefficient (Wildman–Crippen LogP) is 0.733. The van der Waals surface area contributed by atoms with Gasteiger partial charge in [0.05, 0.1) is 10.8 Å². The Bertz CT molecular complexity index is 299. The van der Waals surface area contributed by atoms with Crippen molar-refractivity contribution in [3.8, 4) is 0 Å². The van der Waals surface area contributed by atoms with Crippen molar-refractivity contribution in [3.63, 3.8) is 0 Å². The molecular formula is C12H22N2O3. The van der Waals surface area contributed by atoms with Gasteiger partial charge in [-0.3, -0.25) is 9.59 Å². The fraction of sp³-hybridized carbons (Fsp3) is 0.833. The maximum atomic E-state index is 12.1. The van der Waals surface area contributed by atoms with Crippen molar-refractivity contribution in [2.45, 2.75) is 39.5 Å². The molecule has 17 heavy (non-hydrogen) atoms. The van der Waals surface area contributed by atoms with Crippen LogP contribution < -0.4 is 11.1 Å². The Labute approximate surface area is 102 Å². The minimum atomic E-state index is -0.816. The van der Waals surface area contributed by atoms with Gasteiger partial charge in [0, 0.05) is 13.1 Å². The normalized spacial score (nSPS) is 17.6. The summed E-state index contributed by atoms with van der Waals surface area (Å²) in [6, 6.07) is 0. The van der Waals surface area contributed by atoms with Gasteiger partial charge in [-0.15, -0.1) is 0 Å². The first-order chi connectivity index (χ1) is 7.96. The number of carbonyl (C=O) groups is 2. The summed E-state index contributed by atoms with van der Waals surface area (Å²) >= 11 is 0. The van der Waals surface area contributed by atoms with E-state index in [-0.39, 0.29) is 12.5 Å². The fourth-order valence-corrected chi connectivity index (χ4v) is 2.01. The van der Waals surface area contributed by atoms with Gasteiger partial charge in [0.25, 0.3) is 0 Å². The first-order valence-electron chi connectivity index (χ1n) is 6.18. The number of hydrogen-bond donors (Lipinski definition) is 3. The van der Waals surface area contributed by atoms with E-state index in [0.717, 1.165) is 0 Å².